The highest BCUT2D eigenvalue weighted by Crippen LogP contribution is 2.43. The zero-order chi connectivity index (χ0) is 28.6. The molecule has 4 rings (SSSR count). The van der Waals surface area contributed by atoms with Crippen molar-refractivity contribution >= 4 is 17.8 Å². The van der Waals surface area contributed by atoms with Crippen molar-refractivity contribution in [3.63, 3.8) is 0 Å². The molecular formula is C30H46N4O6. The van der Waals surface area contributed by atoms with E-state index in [0.717, 1.165) is 44.3 Å². The van der Waals surface area contributed by atoms with Crippen molar-refractivity contribution in [3.8, 4) is 11.5 Å². The first-order chi connectivity index (χ1) is 19.3. The maximum absolute atomic E-state index is 13.7. The van der Waals surface area contributed by atoms with Crippen LogP contribution in [0.4, 0.5) is 0 Å². The van der Waals surface area contributed by atoms with Crippen molar-refractivity contribution in [1.82, 2.24) is 19.6 Å². The van der Waals surface area contributed by atoms with Crippen LogP contribution < -0.4 is 9.47 Å². The van der Waals surface area contributed by atoms with E-state index in [2.05, 4.69) is 16.7 Å². The largest absolute Gasteiger partial charge is 0.481 e. The minimum Gasteiger partial charge on any atom is -0.481 e. The summed E-state index contributed by atoms with van der Waals surface area (Å²) in [7, 11) is 4.07. The quantitative estimate of drug-likeness (QED) is 0.351. The molecule has 2 saturated heterocycles. The van der Waals surface area contributed by atoms with Gasteiger partial charge in [0.05, 0.1) is 12.5 Å². The molecule has 0 bridgehead atoms. The molecule has 3 unspecified atom stereocenters. The smallest absolute Gasteiger partial charge is 0.308 e. The number of likely N-dealkylation sites (tertiary alicyclic amines) is 2. The zero-order valence-corrected chi connectivity index (χ0v) is 24.3. The summed E-state index contributed by atoms with van der Waals surface area (Å²) < 4.78 is 11.0. The molecule has 0 radical (unpaired) electrons. The minimum atomic E-state index is -0.853. The molecular weight excluding hydrogens is 512 g/mol. The highest BCUT2D eigenvalue weighted by molar-refractivity contribution is 5.79. The molecule has 2 amide bonds. The third-order valence-corrected chi connectivity index (χ3v) is 8.46. The second kappa shape index (κ2) is 14.2. The fourth-order valence-electron chi connectivity index (χ4n) is 6.33. The molecule has 222 valence electrons. The van der Waals surface area contributed by atoms with Crippen LogP contribution in [0.1, 0.15) is 63.4 Å². The van der Waals surface area contributed by atoms with E-state index in [1.54, 1.807) is 0 Å². The number of hydrogen-bond donors (Lipinski definition) is 1. The summed E-state index contributed by atoms with van der Waals surface area (Å²) in [5.74, 6) is -0.271. The molecule has 2 fully saturated rings. The van der Waals surface area contributed by atoms with Gasteiger partial charge in [-0.25, -0.2) is 0 Å². The van der Waals surface area contributed by atoms with Crippen LogP contribution in [-0.4, -0.2) is 115 Å². The molecule has 0 aliphatic carbocycles. The number of carboxylic acids is 1. The number of ether oxygens (including phenoxy) is 2. The molecule has 0 saturated carbocycles. The molecule has 10 nitrogen and oxygen atoms in total. The van der Waals surface area contributed by atoms with E-state index in [9.17, 15) is 19.5 Å². The summed E-state index contributed by atoms with van der Waals surface area (Å²) in [6.07, 6.45) is 5.65. The highest BCUT2D eigenvalue weighted by Gasteiger charge is 2.47. The number of carbonyl (C=O) groups is 3. The van der Waals surface area contributed by atoms with Crippen LogP contribution in [0.25, 0.3) is 0 Å². The first kappa shape index (κ1) is 30.1. The van der Waals surface area contributed by atoms with Gasteiger partial charge in [-0.2, -0.15) is 0 Å². The van der Waals surface area contributed by atoms with E-state index in [1.165, 1.54) is 0 Å². The minimum absolute atomic E-state index is 0.0578. The first-order valence-corrected chi connectivity index (χ1v) is 14.8. The fourth-order valence-corrected chi connectivity index (χ4v) is 6.33. The number of amides is 2. The summed E-state index contributed by atoms with van der Waals surface area (Å²) in [5, 5.41) is 10.5. The van der Waals surface area contributed by atoms with Gasteiger partial charge in [-0.05, 0) is 70.4 Å². The van der Waals surface area contributed by atoms with E-state index in [4.69, 9.17) is 9.47 Å². The van der Waals surface area contributed by atoms with Gasteiger partial charge in [-0.1, -0.05) is 19.4 Å². The molecule has 3 aliphatic rings. The van der Waals surface area contributed by atoms with Crippen LogP contribution in [0, 0.1) is 5.92 Å². The highest BCUT2D eigenvalue weighted by atomic mass is 16.7. The Bertz CT molecular complexity index is 1030. The number of hydrogen-bond acceptors (Lipinski definition) is 7. The molecule has 40 heavy (non-hydrogen) atoms. The Kier molecular flexibility index (Phi) is 10.7. The van der Waals surface area contributed by atoms with Gasteiger partial charge in [-0.15, -0.1) is 0 Å². The number of carboxylic acid groups (broad SMARTS) is 1. The molecule has 10 heteroatoms. The Labute approximate surface area is 238 Å². The molecule has 3 heterocycles. The van der Waals surface area contributed by atoms with Crippen LogP contribution in [0.5, 0.6) is 11.5 Å². The van der Waals surface area contributed by atoms with Gasteiger partial charge < -0.3 is 29.3 Å². The molecule has 1 N–H and O–H groups in total. The molecule has 1 aromatic rings. The average molecular weight is 559 g/mol. The number of nitrogens with zero attached hydrogens (tertiary/aromatic N) is 4. The summed E-state index contributed by atoms with van der Waals surface area (Å²) in [5.41, 5.74) is 0.889. The van der Waals surface area contributed by atoms with Crippen LogP contribution >= 0.6 is 0 Å². The van der Waals surface area contributed by atoms with E-state index < -0.39 is 11.9 Å². The average Bonchev–Trinajstić information content (AvgIpc) is 3.64. The van der Waals surface area contributed by atoms with E-state index >= 15 is 0 Å². The maximum atomic E-state index is 13.7. The van der Waals surface area contributed by atoms with Gasteiger partial charge in [0.2, 0.25) is 18.6 Å². The van der Waals surface area contributed by atoms with Crippen LogP contribution in [0.2, 0.25) is 0 Å². The van der Waals surface area contributed by atoms with Crippen molar-refractivity contribution in [2.24, 2.45) is 5.92 Å². The summed E-state index contributed by atoms with van der Waals surface area (Å²) in [6.45, 7) is 6.68. The van der Waals surface area contributed by atoms with Gasteiger partial charge in [0.1, 0.15) is 0 Å². The lowest BCUT2D eigenvalue weighted by Crippen LogP contribution is -2.45. The standard InChI is InChI=1S/C30H46N4O6/c1-4-5-14-33(17-8-13-31(2)3)28(36)20-34-19-23(22-11-12-25-26(18-22)40-21-39-25)29(30(37)38)24(34)9-6-15-32-16-7-10-27(32)35/h11-12,18,23-24,29H,4-10,13-17,19-21H2,1-3H3,(H,37,38). The van der Waals surface area contributed by atoms with Crippen LogP contribution in [0.3, 0.4) is 0 Å². The van der Waals surface area contributed by atoms with Crippen LogP contribution in [0.15, 0.2) is 18.2 Å². The lowest BCUT2D eigenvalue weighted by Gasteiger charge is -2.30. The van der Waals surface area contributed by atoms with Gasteiger partial charge >= 0.3 is 5.97 Å². The van der Waals surface area contributed by atoms with Gasteiger partial charge in [0, 0.05) is 51.1 Å². The lowest BCUT2D eigenvalue weighted by molar-refractivity contribution is -0.144. The number of aliphatic carboxylic acids is 1. The number of rotatable bonds is 15. The van der Waals surface area contributed by atoms with Gasteiger partial charge in [-0.3, -0.25) is 19.3 Å². The van der Waals surface area contributed by atoms with Gasteiger partial charge in [0.15, 0.2) is 11.5 Å². The fraction of sp³-hybridized carbons (Fsp3) is 0.700. The molecule has 0 aromatic heterocycles. The topological polar surface area (TPSA) is 103 Å². The summed E-state index contributed by atoms with van der Waals surface area (Å²) >= 11 is 0. The van der Waals surface area contributed by atoms with Gasteiger partial charge in [0.25, 0.3) is 0 Å². The van der Waals surface area contributed by atoms with Crippen LogP contribution in [-0.2, 0) is 14.4 Å². The molecule has 3 atom stereocenters. The lowest BCUT2D eigenvalue weighted by atomic mass is 9.83. The maximum Gasteiger partial charge on any atom is 0.308 e. The van der Waals surface area contributed by atoms with E-state index in [0.29, 0.717) is 56.9 Å². The predicted octanol–water partition coefficient (Wildman–Crippen LogP) is 2.87. The Morgan fingerprint density at radius 1 is 1.07 bits per heavy atom. The Balaban J connectivity index is 1.52. The van der Waals surface area contributed by atoms with Crippen molar-refractivity contribution < 1.29 is 29.0 Å². The third-order valence-electron chi connectivity index (χ3n) is 8.46. The first-order valence-electron chi connectivity index (χ1n) is 14.8. The van der Waals surface area contributed by atoms with E-state index in [-0.39, 0.29) is 37.1 Å². The normalized spacial score (nSPS) is 22.4. The summed E-state index contributed by atoms with van der Waals surface area (Å²) in [4.78, 5) is 46.6. The van der Waals surface area contributed by atoms with Crippen molar-refractivity contribution in [3.05, 3.63) is 23.8 Å². The van der Waals surface area contributed by atoms with Crippen molar-refractivity contribution in [2.75, 3.05) is 66.7 Å². The number of benzene rings is 1. The number of carbonyl (C=O) groups excluding carboxylic acids is 2. The second-order valence-corrected chi connectivity index (χ2v) is 11.6. The zero-order valence-electron chi connectivity index (χ0n) is 24.3. The molecule has 0 spiro atoms. The molecule has 1 aromatic carbocycles. The SMILES string of the molecule is CCCCN(CCCN(C)C)C(=O)CN1CC(c2ccc3c(c2)OCO3)C(C(=O)O)C1CCCN1CCCC1=O. The Morgan fingerprint density at radius 2 is 1.85 bits per heavy atom. The Hall–Kier alpha value is -2.85. The number of fused-ring (bicyclic) bond motifs is 1. The predicted molar refractivity (Wildman–Crippen MR) is 151 cm³/mol. The third kappa shape index (κ3) is 7.46. The monoisotopic (exact) mass is 558 g/mol. The van der Waals surface area contributed by atoms with Crippen molar-refractivity contribution in [1.29, 1.82) is 0 Å². The number of unbranched alkanes of at least 4 members (excludes halogenated alkanes) is 1. The van der Waals surface area contributed by atoms with Crippen molar-refractivity contribution in [2.45, 2.75) is 63.8 Å². The molecule has 3 aliphatic heterocycles. The Morgan fingerprint density at radius 3 is 2.55 bits per heavy atom. The van der Waals surface area contributed by atoms with E-state index in [1.807, 2.05) is 42.1 Å². The second-order valence-electron chi connectivity index (χ2n) is 11.6. The summed E-state index contributed by atoms with van der Waals surface area (Å²) in [6, 6.07) is 5.36.